The largest absolute Gasteiger partial charge is 0.366 e. The molecule has 2 rings (SSSR count). The second-order valence-corrected chi connectivity index (χ2v) is 5.31. The molecule has 20 heavy (non-hydrogen) atoms. The van der Waals surface area contributed by atoms with Gasteiger partial charge >= 0.3 is 0 Å². The average molecular weight is 337 g/mol. The van der Waals surface area contributed by atoms with Crippen LogP contribution in [0.15, 0.2) is 40.9 Å². The molecule has 2 aromatic rings. The Bertz CT molecular complexity index is 660. The van der Waals surface area contributed by atoms with E-state index in [0.29, 0.717) is 10.2 Å². The molecule has 102 valence electrons. The second kappa shape index (κ2) is 6.02. The van der Waals surface area contributed by atoms with Gasteiger partial charge in [0.15, 0.2) is 0 Å². The molecule has 1 atom stereocenters. The first kappa shape index (κ1) is 14.5. The van der Waals surface area contributed by atoms with Crippen LogP contribution in [-0.4, -0.2) is 0 Å². The number of benzene rings is 2. The first-order valence-corrected chi connectivity index (χ1v) is 6.67. The van der Waals surface area contributed by atoms with Crippen LogP contribution in [0, 0.1) is 29.9 Å². The number of hydrogen-bond donors (Lipinski definition) is 1. The van der Waals surface area contributed by atoms with Crippen LogP contribution in [0.1, 0.15) is 17.2 Å². The fraction of sp³-hybridized carbons (Fsp3) is 0.133. The molecule has 0 spiro atoms. The summed E-state index contributed by atoms with van der Waals surface area (Å²) in [6.45, 7) is 1.75. The number of nitrogens with zero attached hydrogens (tertiary/aromatic N) is 1. The van der Waals surface area contributed by atoms with Gasteiger partial charge in [0.1, 0.15) is 17.7 Å². The topological polar surface area (TPSA) is 35.8 Å². The molecule has 1 unspecified atom stereocenters. The molecule has 0 saturated heterocycles. The van der Waals surface area contributed by atoms with Gasteiger partial charge in [0.2, 0.25) is 0 Å². The van der Waals surface area contributed by atoms with Gasteiger partial charge in [0.25, 0.3) is 0 Å². The maximum atomic E-state index is 13.8. The Morgan fingerprint density at radius 1 is 1.20 bits per heavy atom. The summed E-state index contributed by atoms with van der Waals surface area (Å²) in [6, 6.07) is 9.80. The summed E-state index contributed by atoms with van der Waals surface area (Å²) in [4.78, 5) is 0. The van der Waals surface area contributed by atoms with Crippen molar-refractivity contribution in [3.63, 3.8) is 0 Å². The molecule has 0 aliphatic heterocycles. The zero-order valence-electron chi connectivity index (χ0n) is 10.6. The van der Waals surface area contributed by atoms with Crippen LogP contribution < -0.4 is 5.32 Å². The summed E-state index contributed by atoms with van der Waals surface area (Å²) in [6.07, 6.45) is 0. The van der Waals surface area contributed by atoms with Gasteiger partial charge in [0, 0.05) is 15.7 Å². The summed E-state index contributed by atoms with van der Waals surface area (Å²) in [5, 5.41) is 12.0. The third-order valence-corrected chi connectivity index (χ3v) is 3.24. The first-order chi connectivity index (χ1) is 9.49. The fourth-order valence-electron chi connectivity index (χ4n) is 1.90. The van der Waals surface area contributed by atoms with Crippen molar-refractivity contribution in [2.24, 2.45) is 0 Å². The molecule has 2 aromatic carbocycles. The van der Waals surface area contributed by atoms with Gasteiger partial charge in [-0.05, 0) is 48.9 Å². The number of nitrogens with one attached hydrogen (secondary N) is 1. The maximum Gasteiger partial charge on any atom is 0.143 e. The highest BCUT2D eigenvalue weighted by Gasteiger charge is 2.16. The van der Waals surface area contributed by atoms with Gasteiger partial charge in [-0.25, -0.2) is 8.78 Å². The van der Waals surface area contributed by atoms with Gasteiger partial charge in [-0.1, -0.05) is 15.9 Å². The number of hydrogen-bond acceptors (Lipinski definition) is 2. The van der Waals surface area contributed by atoms with E-state index in [4.69, 9.17) is 0 Å². The van der Waals surface area contributed by atoms with Crippen molar-refractivity contribution in [2.45, 2.75) is 13.0 Å². The SMILES string of the molecule is Cc1cc(F)cc(NC(C#N)c2cc(Br)ccc2F)c1. The van der Waals surface area contributed by atoms with Crippen LogP contribution in [0.2, 0.25) is 0 Å². The third-order valence-electron chi connectivity index (χ3n) is 2.75. The lowest BCUT2D eigenvalue weighted by Gasteiger charge is -2.15. The molecule has 0 aromatic heterocycles. The third kappa shape index (κ3) is 3.34. The minimum absolute atomic E-state index is 0.212. The second-order valence-electron chi connectivity index (χ2n) is 4.39. The Labute approximate surface area is 124 Å². The monoisotopic (exact) mass is 336 g/mol. The predicted octanol–water partition coefficient (Wildman–Crippen LogP) is 4.71. The Kier molecular flexibility index (Phi) is 4.35. The predicted molar refractivity (Wildman–Crippen MR) is 77.2 cm³/mol. The fourth-order valence-corrected chi connectivity index (χ4v) is 2.28. The Balaban J connectivity index is 2.34. The van der Waals surface area contributed by atoms with Gasteiger partial charge in [0.05, 0.1) is 6.07 Å². The van der Waals surface area contributed by atoms with E-state index < -0.39 is 17.7 Å². The van der Waals surface area contributed by atoms with E-state index in [0.717, 1.165) is 5.56 Å². The molecule has 0 fully saturated rings. The van der Waals surface area contributed by atoms with Gasteiger partial charge in [-0.3, -0.25) is 0 Å². The zero-order chi connectivity index (χ0) is 14.7. The highest BCUT2D eigenvalue weighted by atomic mass is 79.9. The first-order valence-electron chi connectivity index (χ1n) is 5.88. The number of rotatable bonds is 3. The molecule has 1 N–H and O–H groups in total. The van der Waals surface area contributed by atoms with Crippen molar-refractivity contribution in [1.29, 1.82) is 5.26 Å². The van der Waals surface area contributed by atoms with E-state index in [9.17, 15) is 14.0 Å². The molecule has 0 bridgehead atoms. The van der Waals surface area contributed by atoms with Crippen molar-refractivity contribution in [2.75, 3.05) is 5.32 Å². The zero-order valence-corrected chi connectivity index (χ0v) is 12.2. The molecular weight excluding hydrogens is 326 g/mol. The van der Waals surface area contributed by atoms with Gasteiger partial charge < -0.3 is 5.32 Å². The van der Waals surface area contributed by atoms with Crippen molar-refractivity contribution >= 4 is 21.6 Å². The van der Waals surface area contributed by atoms with Crippen molar-refractivity contribution < 1.29 is 8.78 Å². The summed E-state index contributed by atoms with van der Waals surface area (Å²) < 4.78 is 27.8. The Hall–Kier alpha value is -1.93. The van der Waals surface area contributed by atoms with E-state index in [2.05, 4.69) is 21.2 Å². The molecule has 5 heteroatoms. The van der Waals surface area contributed by atoms with Gasteiger partial charge in [-0.2, -0.15) is 5.26 Å². The lowest BCUT2D eigenvalue weighted by atomic mass is 10.1. The molecule has 0 aliphatic carbocycles. The minimum atomic E-state index is -0.895. The van der Waals surface area contributed by atoms with Crippen LogP contribution in [0.25, 0.3) is 0 Å². The summed E-state index contributed by atoms with van der Waals surface area (Å²) in [7, 11) is 0. The maximum absolute atomic E-state index is 13.8. The molecule has 0 heterocycles. The highest BCUT2D eigenvalue weighted by molar-refractivity contribution is 9.10. The molecule has 0 amide bonds. The number of aryl methyl sites for hydroxylation is 1. The molecular formula is C15H11BrF2N2. The van der Waals surface area contributed by atoms with E-state index in [1.807, 2.05) is 6.07 Å². The minimum Gasteiger partial charge on any atom is -0.366 e. The summed E-state index contributed by atoms with van der Waals surface area (Å²) in [5.74, 6) is -0.890. The van der Waals surface area contributed by atoms with Crippen LogP contribution in [-0.2, 0) is 0 Å². The lowest BCUT2D eigenvalue weighted by Crippen LogP contribution is -2.10. The highest BCUT2D eigenvalue weighted by Crippen LogP contribution is 2.25. The Morgan fingerprint density at radius 2 is 1.95 bits per heavy atom. The lowest BCUT2D eigenvalue weighted by molar-refractivity contribution is 0.606. The summed E-state index contributed by atoms with van der Waals surface area (Å²) in [5.41, 5.74) is 1.37. The van der Waals surface area contributed by atoms with E-state index in [-0.39, 0.29) is 5.56 Å². The molecule has 0 aliphatic rings. The molecule has 2 nitrogen and oxygen atoms in total. The van der Waals surface area contributed by atoms with Crippen molar-refractivity contribution in [1.82, 2.24) is 0 Å². The molecule has 0 radical (unpaired) electrons. The van der Waals surface area contributed by atoms with Crippen molar-refractivity contribution in [3.05, 3.63) is 63.6 Å². The normalized spacial score (nSPS) is 11.8. The van der Waals surface area contributed by atoms with Crippen molar-refractivity contribution in [3.8, 4) is 6.07 Å². The van der Waals surface area contributed by atoms with Crippen LogP contribution in [0.4, 0.5) is 14.5 Å². The number of halogens is 3. The van der Waals surface area contributed by atoms with E-state index in [1.165, 1.54) is 24.3 Å². The van der Waals surface area contributed by atoms with Crippen LogP contribution in [0.5, 0.6) is 0 Å². The summed E-state index contributed by atoms with van der Waals surface area (Å²) >= 11 is 3.24. The quantitative estimate of drug-likeness (QED) is 0.880. The van der Waals surface area contributed by atoms with E-state index >= 15 is 0 Å². The Morgan fingerprint density at radius 3 is 2.60 bits per heavy atom. The van der Waals surface area contributed by atoms with E-state index in [1.54, 1.807) is 19.1 Å². The van der Waals surface area contributed by atoms with Crippen LogP contribution >= 0.6 is 15.9 Å². The number of anilines is 1. The van der Waals surface area contributed by atoms with Crippen LogP contribution in [0.3, 0.4) is 0 Å². The average Bonchev–Trinajstić information content (AvgIpc) is 2.38. The van der Waals surface area contributed by atoms with Gasteiger partial charge in [-0.15, -0.1) is 0 Å². The number of nitriles is 1. The smallest absolute Gasteiger partial charge is 0.143 e. The molecule has 0 saturated carbocycles. The standard InChI is InChI=1S/C15H11BrF2N2/c1-9-4-11(17)7-12(5-9)20-15(8-19)13-6-10(16)2-3-14(13)18/h2-7,15,20H,1H3.